The van der Waals surface area contributed by atoms with Crippen LogP contribution in [0.3, 0.4) is 0 Å². The van der Waals surface area contributed by atoms with Gasteiger partial charge in [-0.2, -0.15) is 0 Å². The third-order valence-corrected chi connectivity index (χ3v) is 4.31. The summed E-state index contributed by atoms with van der Waals surface area (Å²) < 4.78 is 0. The highest BCUT2D eigenvalue weighted by Crippen LogP contribution is 2.24. The van der Waals surface area contributed by atoms with Gasteiger partial charge in [0.15, 0.2) is 0 Å². The third-order valence-electron chi connectivity index (χ3n) is 3.90. The maximum absolute atomic E-state index is 11.9. The summed E-state index contributed by atoms with van der Waals surface area (Å²) >= 11 is 6.01. The van der Waals surface area contributed by atoms with Crippen molar-refractivity contribution >= 4 is 29.2 Å². The number of aryl methyl sites for hydroxylation is 1. The van der Waals surface area contributed by atoms with E-state index >= 15 is 0 Å². The zero-order valence-electron chi connectivity index (χ0n) is 12.1. The Hall–Kier alpha value is -1.59. The number of amides is 1. The van der Waals surface area contributed by atoms with Crippen molar-refractivity contribution in [1.82, 2.24) is 4.90 Å². The molecule has 0 saturated carbocycles. The highest BCUT2D eigenvalue weighted by molar-refractivity contribution is 6.31. The molecule has 114 valence electrons. The minimum Gasteiger partial charge on any atom is -0.481 e. The minimum atomic E-state index is -0.779. The van der Waals surface area contributed by atoms with E-state index in [2.05, 4.69) is 5.32 Å². The molecule has 1 aliphatic heterocycles. The molecule has 1 amide bonds. The second-order valence-electron chi connectivity index (χ2n) is 5.59. The summed E-state index contributed by atoms with van der Waals surface area (Å²) in [5, 5.41) is 12.3. The number of nitrogens with zero attached hydrogens (tertiary/aromatic N) is 1. The van der Waals surface area contributed by atoms with Crippen LogP contribution in [0.15, 0.2) is 18.2 Å². The SMILES string of the molecule is Cc1ccc(NC(=O)CN2CC(C(C)C(=O)O)C2)cc1Cl. The lowest BCUT2D eigenvalue weighted by Crippen LogP contribution is -2.53. The maximum atomic E-state index is 11.9. The van der Waals surface area contributed by atoms with Crippen molar-refractivity contribution in [3.63, 3.8) is 0 Å². The number of hydrogen-bond donors (Lipinski definition) is 2. The molecule has 1 fully saturated rings. The van der Waals surface area contributed by atoms with Gasteiger partial charge < -0.3 is 10.4 Å². The highest BCUT2D eigenvalue weighted by atomic mass is 35.5. The monoisotopic (exact) mass is 310 g/mol. The molecule has 5 nitrogen and oxygen atoms in total. The van der Waals surface area contributed by atoms with E-state index < -0.39 is 5.97 Å². The number of halogens is 1. The number of carboxylic acids is 1. The number of rotatable bonds is 5. The molecule has 1 unspecified atom stereocenters. The van der Waals surface area contributed by atoms with Crippen LogP contribution in [0.1, 0.15) is 12.5 Å². The average Bonchev–Trinajstić information content (AvgIpc) is 2.37. The smallest absolute Gasteiger partial charge is 0.306 e. The van der Waals surface area contributed by atoms with E-state index in [-0.39, 0.29) is 24.3 Å². The number of carbonyl (C=O) groups is 2. The van der Waals surface area contributed by atoms with E-state index in [9.17, 15) is 9.59 Å². The van der Waals surface area contributed by atoms with Gasteiger partial charge >= 0.3 is 5.97 Å². The first-order valence-corrected chi connectivity index (χ1v) is 7.25. The van der Waals surface area contributed by atoms with Crippen molar-refractivity contribution in [3.05, 3.63) is 28.8 Å². The highest BCUT2D eigenvalue weighted by Gasteiger charge is 2.35. The van der Waals surface area contributed by atoms with Gasteiger partial charge in [-0.3, -0.25) is 14.5 Å². The minimum absolute atomic E-state index is 0.114. The van der Waals surface area contributed by atoms with Crippen molar-refractivity contribution < 1.29 is 14.7 Å². The lowest BCUT2D eigenvalue weighted by Gasteiger charge is -2.40. The molecule has 0 radical (unpaired) electrons. The molecule has 2 rings (SSSR count). The lowest BCUT2D eigenvalue weighted by atomic mass is 9.87. The first-order chi connectivity index (χ1) is 9.86. The summed E-state index contributed by atoms with van der Waals surface area (Å²) in [5.74, 6) is -1.13. The second-order valence-corrected chi connectivity index (χ2v) is 6.00. The van der Waals surface area contributed by atoms with Gasteiger partial charge in [-0.05, 0) is 30.5 Å². The molecule has 1 aromatic rings. The van der Waals surface area contributed by atoms with Crippen molar-refractivity contribution in [2.75, 3.05) is 25.0 Å². The number of aliphatic carboxylic acids is 1. The van der Waals surface area contributed by atoms with Crippen LogP contribution in [0, 0.1) is 18.8 Å². The summed E-state index contributed by atoms with van der Waals surface area (Å²) in [6, 6.07) is 5.39. The predicted octanol–water partition coefficient (Wildman–Crippen LogP) is 2.24. The Morgan fingerprint density at radius 1 is 1.48 bits per heavy atom. The Balaban J connectivity index is 1.79. The average molecular weight is 311 g/mol. The lowest BCUT2D eigenvalue weighted by molar-refractivity contribution is -0.145. The normalized spacial score (nSPS) is 17.1. The number of anilines is 1. The molecule has 0 bridgehead atoms. The molecule has 1 heterocycles. The Kier molecular flexibility index (Phi) is 4.85. The first-order valence-electron chi connectivity index (χ1n) is 6.88. The van der Waals surface area contributed by atoms with Crippen molar-refractivity contribution in [1.29, 1.82) is 0 Å². The van der Waals surface area contributed by atoms with Crippen LogP contribution in [0.5, 0.6) is 0 Å². The molecule has 1 aromatic carbocycles. The van der Waals surface area contributed by atoms with Gasteiger partial charge in [0.25, 0.3) is 0 Å². The Bertz CT molecular complexity index is 556. The van der Waals surface area contributed by atoms with E-state index in [1.165, 1.54) is 0 Å². The molecule has 0 spiro atoms. The zero-order chi connectivity index (χ0) is 15.6. The summed E-state index contributed by atoms with van der Waals surface area (Å²) in [5.41, 5.74) is 1.63. The van der Waals surface area contributed by atoms with E-state index in [4.69, 9.17) is 16.7 Å². The number of hydrogen-bond acceptors (Lipinski definition) is 3. The Morgan fingerprint density at radius 3 is 2.71 bits per heavy atom. The predicted molar refractivity (Wildman–Crippen MR) is 81.5 cm³/mol. The molecule has 0 aliphatic carbocycles. The number of likely N-dealkylation sites (tertiary alicyclic amines) is 1. The largest absolute Gasteiger partial charge is 0.481 e. The van der Waals surface area contributed by atoms with E-state index in [1.54, 1.807) is 13.0 Å². The molecule has 21 heavy (non-hydrogen) atoms. The van der Waals surface area contributed by atoms with Gasteiger partial charge in [0.05, 0.1) is 12.5 Å². The third kappa shape index (κ3) is 3.95. The van der Waals surface area contributed by atoms with E-state index in [1.807, 2.05) is 24.0 Å². The van der Waals surface area contributed by atoms with Gasteiger partial charge in [0, 0.05) is 23.8 Å². The topological polar surface area (TPSA) is 69.6 Å². The molecule has 6 heteroatoms. The Morgan fingerprint density at radius 2 is 2.14 bits per heavy atom. The van der Waals surface area contributed by atoms with Crippen LogP contribution in [0.2, 0.25) is 5.02 Å². The number of carboxylic acid groups (broad SMARTS) is 1. The molecule has 0 aromatic heterocycles. The second kappa shape index (κ2) is 6.45. The molecule has 1 aliphatic rings. The van der Waals surface area contributed by atoms with E-state index in [0.717, 1.165) is 5.56 Å². The van der Waals surface area contributed by atoms with Crippen LogP contribution in [0.25, 0.3) is 0 Å². The first kappa shape index (κ1) is 15.8. The molecule has 1 saturated heterocycles. The summed E-state index contributed by atoms with van der Waals surface area (Å²) in [6.07, 6.45) is 0. The fraction of sp³-hybridized carbons (Fsp3) is 0.467. The van der Waals surface area contributed by atoms with Crippen LogP contribution < -0.4 is 5.32 Å². The van der Waals surface area contributed by atoms with Crippen LogP contribution in [-0.2, 0) is 9.59 Å². The van der Waals surface area contributed by atoms with Gasteiger partial charge in [0.2, 0.25) is 5.91 Å². The summed E-state index contributed by atoms with van der Waals surface area (Å²) in [7, 11) is 0. The van der Waals surface area contributed by atoms with Crippen molar-refractivity contribution in [2.45, 2.75) is 13.8 Å². The van der Waals surface area contributed by atoms with Crippen LogP contribution >= 0.6 is 11.6 Å². The Labute approximate surface area is 128 Å². The van der Waals surface area contributed by atoms with Gasteiger partial charge in [-0.25, -0.2) is 0 Å². The van der Waals surface area contributed by atoms with Gasteiger partial charge in [-0.15, -0.1) is 0 Å². The van der Waals surface area contributed by atoms with Crippen molar-refractivity contribution in [3.8, 4) is 0 Å². The van der Waals surface area contributed by atoms with Gasteiger partial charge in [0.1, 0.15) is 0 Å². The number of benzene rings is 1. The quantitative estimate of drug-likeness (QED) is 0.875. The molecule has 1 atom stereocenters. The fourth-order valence-corrected chi connectivity index (χ4v) is 2.51. The maximum Gasteiger partial charge on any atom is 0.306 e. The van der Waals surface area contributed by atoms with Gasteiger partial charge in [-0.1, -0.05) is 24.6 Å². The molecular weight excluding hydrogens is 292 g/mol. The van der Waals surface area contributed by atoms with Crippen molar-refractivity contribution in [2.24, 2.45) is 11.8 Å². The zero-order valence-corrected chi connectivity index (χ0v) is 12.9. The van der Waals surface area contributed by atoms with Crippen LogP contribution in [0.4, 0.5) is 5.69 Å². The summed E-state index contributed by atoms with van der Waals surface area (Å²) in [4.78, 5) is 24.7. The van der Waals surface area contributed by atoms with Crippen LogP contribution in [-0.4, -0.2) is 41.5 Å². The van der Waals surface area contributed by atoms with E-state index in [0.29, 0.717) is 23.8 Å². The fourth-order valence-electron chi connectivity index (χ4n) is 2.33. The molecular formula is C15H19ClN2O3. The summed E-state index contributed by atoms with van der Waals surface area (Å²) in [6.45, 7) is 5.18. The number of nitrogens with one attached hydrogen (secondary N) is 1. The number of carbonyl (C=O) groups excluding carboxylic acids is 1. The standard InChI is InChI=1S/C15H19ClN2O3/c1-9-3-4-12(5-13(9)16)17-14(19)8-18-6-11(7-18)10(2)15(20)21/h3-5,10-11H,6-8H2,1-2H3,(H,17,19)(H,20,21). The molecule has 2 N–H and O–H groups in total.